The number of hydrogen-bond donors (Lipinski definition) is 3. The Hall–Kier alpha value is 0.230. The molecule has 0 spiro atoms. The molecule has 15 heavy (non-hydrogen) atoms. The normalized spacial score (nSPS) is 31.8. The molecule has 0 radical (unpaired) electrons. The minimum atomic E-state index is 0.137. The second-order valence-electron chi connectivity index (χ2n) is 4.33. The molecule has 1 aliphatic rings. The first-order valence-electron chi connectivity index (χ1n) is 5.93. The van der Waals surface area contributed by atoms with Gasteiger partial charge in [-0.3, -0.25) is 0 Å². The van der Waals surface area contributed by atoms with Crippen LogP contribution in [0.5, 0.6) is 0 Å². The van der Waals surface area contributed by atoms with E-state index in [4.69, 9.17) is 10.8 Å². The van der Waals surface area contributed by atoms with Crippen LogP contribution in [0.4, 0.5) is 0 Å². The van der Waals surface area contributed by atoms with Gasteiger partial charge < -0.3 is 16.2 Å². The predicted molar refractivity (Wildman–Crippen MR) is 67.3 cm³/mol. The number of nitrogens with two attached hydrogens (primary N) is 1. The molecular weight excluding hydrogens is 208 g/mol. The molecule has 0 bridgehead atoms. The Bertz CT molecular complexity index is 180. The summed E-state index contributed by atoms with van der Waals surface area (Å²) >= 11 is 2.02. The number of aliphatic hydroxyl groups excluding tert-OH is 1. The topological polar surface area (TPSA) is 58.3 Å². The van der Waals surface area contributed by atoms with Crippen LogP contribution >= 0.6 is 11.8 Å². The van der Waals surface area contributed by atoms with Crippen LogP contribution < -0.4 is 11.1 Å². The van der Waals surface area contributed by atoms with E-state index in [2.05, 4.69) is 12.2 Å². The lowest BCUT2D eigenvalue weighted by Gasteiger charge is -2.42. The summed E-state index contributed by atoms with van der Waals surface area (Å²) in [6, 6.07) is 0. The van der Waals surface area contributed by atoms with E-state index >= 15 is 0 Å². The number of hydrogen-bond acceptors (Lipinski definition) is 4. The van der Waals surface area contributed by atoms with E-state index in [0.717, 1.165) is 25.9 Å². The van der Waals surface area contributed by atoms with Crippen molar-refractivity contribution in [3.63, 3.8) is 0 Å². The maximum absolute atomic E-state index is 8.72. The molecule has 1 fully saturated rings. The number of unbranched alkanes of at least 4 members (excludes halogenated alkanes) is 1. The molecular formula is C11H24N2OS. The first-order chi connectivity index (χ1) is 7.25. The Morgan fingerprint density at radius 1 is 1.53 bits per heavy atom. The summed E-state index contributed by atoms with van der Waals surface area (Å²) in [5.41, 5.74) is 6.06. The van der Waals surface area contributed by atoms with Crippen LogP contribution in [0.1, 0.15) is 32.6 Å². The highest BCUT2D eigenvalue weighted by Gasteiger charge is 2.36. The third-order valence-corrected chi connectivity index (χ3v) is 4.82. The average Bonchev–Trinajstić information content (AvgIpc) is 2.27. The highest BCUT2D eigenvalue weighted by molar-refractivity contribution is 8.00. The van der Waals surface area contributed by atoms with Crippen molar-refractivity contribution in [2.45, 2.75) is 43.4 Å². The third kappa shape index (κ3) is 3.63. The van der Waals surface area contributed by atoms with Crippen molar-refractivity contribution in [2.75, 3.05) is 25.4 Å². The van der Waals surface area contributed by atoms with Gasteiger partial charge in [0.1, 0.15) is 0 Å². The van der Waals surface area contributed by atoms with Crippen molar-refractivity contribution in [1.82, 2.24) is 5.32 Å². The van der Waals surface area contributed by atoms with Crippen LogP contribution in [0.15, 0.2) is 0 Å². The van der Waals surface area contributed by atoms with Crippen molar-refractivity contribution in [3.05, 3.63) is 0 Å². The fourth-order valence-electron chi connectivity index (χ4n) is 2.16. The fourth-order valence-corrected chi connectivity index (χ4v) is 3.44. The van der Waals surface area contributed by atoms with Crippen LogP contribution in [-0.2, 0) is 0 Å². The van der Waals surface area contributed by atoms with Crippen molar-refractivity contribution in [1.29, 1.82) is 0 Å². The highest BCUT2D eigenvalue weighted by atomic mass is 32.2. The van der Waals surface area contributed by atoms with Crippen LogP contribution in [0.25, 0.3) is 0 Å². The largest absolute Gasteiger partial charge is 0.396 e. The Labute approximate surface area is 97.2 Å². The minimum absolute atomic E-state index is 0.137. The highest BCUT2D eigenvalue weighted by Crippen LogP contribution is 2.33. The summed E-state index contributed by atoms with van der Waals surface area (Å²) in [6.45, 7) is 4.26. The summed E-state index contributed by atoms with van der Waals surface area (Å²) in [5.74, 6) is 1.27. The van der Waals surface area contributed by atoms with E-state index in [0.29, 0.717) is 11.9 Å². The van der Waals surface area contributed by atoms with Gasteiger partial charge in [-0.2, -0.15) is 11.8 Å². The molecule has 1 rings (SSSR count). The predicted octanol–water partition coefficient (Wildman–Crippen LogP) is 0.961. The molecule has 0 aliphatic carbocycles. The Kier molecular flexibility index (Phi) is 5.97. The van der Waals surface area contributed by atoms with E-state index in [1.807, 2.05) is 11.8 Å². The van der Waals surface area contributed by atoms with Gasteiger partial charge in [0.25, 0.3) is 0 Å². The molecule has 2 unspecified atom stereocenters. The Morgan fingerprint density at radius 3 is 2.93 bits per heavy atom. The van der Waals surface area contributed by atoms with Crippen LogP contribution in [-0.4, -0.2) is 41.3 Å². The summed E-state index contributed by atoms with van der Waals surface area (Å²) < 4.78 is 0. The van der Waals surface area contributed by atoms with E-state index in [-0.39, 0.29) is 5.54 Å². The first kappa shape index (κ1) is 13.3. The molecule has 1 aliphatic heterocycles. The minimum Gasteiger partial charge on any atom is -0.396 e. The maximum Gasteiger partial charge on any atom is 0.0431 e. The van der Waals surface area contributed by atoms with Gasteiger partial charge in [-0.1, -0.05) is 6.92 Å². The number of rotatable bonds is 6. The van der Waals surface area contributed by atoms with E-state index in [1.165, 1.54) is 18.6 Å². The molecule has 3 nitrogen and oxygen atoms in total. The molecule has 0 aromatic rings. The Morgan fingerprint density at radius 2 is 2.33 bits per heavy atom. The molecule has 90 valence electrons. The second-order valence-corrected chi connectivity index (χ2v) is 5.78. The monoisotopic (exact) mass is 232 g/mol. The van der Waals surface area contributed by atoms with E-state index in [1.54, 1.807) is 0 Å². The molecule has 2 atom stereocenters. The second kappa shape index (κ2) is 6.74. The number of aliphatic hydroxyl groups is 1. The summed E-state index contributed by atoms with van der Waals surface area (Å²) in [4.78, 5) is 0. The molecule has 0 aromatic heterocycles. The van der Waals surface area contributed by atoms with E-state index < -0.39 is 0 Å². The molecule has 0 amide bonds. The van der Waals surface area contributed by atoms with Gasteiger partial charge in [0.05, 0.1) is 0 Å². The van der Waals surface area contributed by atoms with Crippen molar-refractivity contribution in [2.24, 2.45) is 5.73 Å². The smallest absolute Gasteiger partial charge is 0.0431 e. The standard InChI is InChI=1S/C11H24N2OS/c1-10-11(9-12,5-4-8-15-10)13-6-2-3-7-14/h10,13-14H,2-9,12H2,1H3. The van der Waals surface area contributed by atoms with Crippen molar-refractivity contribution in [3.8, 4) is 0 Å². The maximum atomic E-state index is 8.72. The molecule has 1 saturated heterocycles. The average molecular weight is 232 g/mol. The van der Waals surface area contributed by atoms with Crippen LogP contribution in [0.2, 0.25) is 0 Å². The van der Waals surface area contributed by atoms with Crippen molar-refractivity contribution >= 4 is 11.8 Å². The van der Waals surface area contributed by atoms with E-state index in [9.17, 15) is 0 Å². The first-order valence-corrected chi connectivity index (χ1v) is 6.97. The lowest BCUT2D eigenvalue weighted by molar-refractivity contribution is 0.266. The van der Waals surface area contributed by atoms with Gasteiger partial charge in [0.15, 0.2) is 0 Å². The number of thioether (sulfide) groups is 1. The van der Waals surface area contributed by atoms with Gasteiger partial charge in [-0.25, -0.2) is 0 Å². The lowest BCUT2D eigenvalue weighted by atomic mass is 9.89. The summed E-state index contributed by atoms with van der Waals surface area (Å²) in [5, 5.41) is 12.9. The lowest BCUT2D eigenvalue weighted by Crippen LogP contribution is -2.59. The fraction of sp³-hybridized carbons (Fsp3) is 1.00. The zero-order valence-corrected chi connectivity index (χ0v) is 10.5. The molecule has 4 heteroatoms. The van der Waals surface area contributed by atoms with Gasteiger partial charge >= 0.3 is 0 Å². The molecule has 0 saturated carbocycles. The Balaban J connectivity index is 2.37. The van der Waals surface area contributed by atoms with Crippen LogP contribution in [0, 0.1) is 0 Å². The van der Waals surface area contributed by atoms with Crippen LogP contribution in [0.3, 0.4) is 0 Å². The van der Waals surface area contributed by atoms with Gasteiger partial charge in [-0.15, -0.1) is 0 Å². The molecule has 0 aromatic carbocycles. The van der Waals surface area contributed by atoms with Crippen molar-refractivity contribution < 1.29 is 5.11 Å². The zero-order chi connectivity index (χ0) is 11.1. The zero-order valence-electron chi connectivity index (χ0n) is 9.67. The van der Waals surface area contributed by atoms with Gasteiger partial charge in [0.2, 0.25) is 0 Å². The molecule has 1 heterocycles. The quantitative estimate of drug-likeness (QED) is 0.597. The summed E-state index contributed by atoms with van der Waals surface area (Å²) in [6.07, 6.45) is 4.38. The molecule has 4 N–H and O–H groups in total. The number of nitrogens with one attached hydrogen (secondary N) is 1. The SMILES string of the molecule is CC1SCCCC1(CN)NCCCCO. The summed E-state index contributed by atoms with van der Waals surface area (Å²) in [7, 11) is 0. The third-order valence-electron chi connectivity index (χ3n) is 3.34. The van der Waals surface area contributed by atoms with Gasteiger partial charge in [-0.05, 0) is 38.0 Å². The van der Waals surface area contributed by atoms with Gasteiger partial charge in [0, 0.05) is 23.9 Å².